The zero-order chi connectivity index (χ0) is 13.7. The third-order valence-corrected chi connectivity index (χ3v) is 4.31. The van der Waals surface area contributed by atoms with Crippen molar-refractivity contribution < 1.29 is 9.90 Å². The van der Waals surface area contributed by atoms with Crippen LogP contribution in [0.1, 0.15) is 37.7 Å². The lowest BCUT2D eigenvalue weighted by atomic mass is 9.77. The first-order valence-corrected chi connectivity index (χ1v) is 8.00. The molecule has 0 atom stereocenters. The number of rotatable bonds is 3. The van der Waals surface area contributed by atoms with E-state index in [9.17, 15) is 9.90 Å². The van der Waals surface area contributed by atoms with E-state index in [-0.39, 0.29) is 16.5 Å². The van der Waals surface area contributed by atoms with Gasteiger partial charge in [0.15, 0.2) is 0 Å². The van der Waals surface area contributed by atoms with Gasteiger partial charge in [0, 0.05) is 5.54 Å². The topological polar surface area (TPSA) is 49.3 Å². The largest absolute Gasteiger partial charge is 0.508 e. The van der Waals surface area contributed by atoms with Crippen molar-refractivity contribution in [2.24, 2.45) is 0 Å². The van der Waals surface area contributed by atoms with Crippen molar-refractivity contribution in [3.05, 3.63) is 29.8 Å². The highest BCUT2D eigenvalue weighted by atomic mass is 32.2. The first kappa shape index (κ1) is 14.3. The number of phenols is 1. The second kappa shape index (κ2) is 6.33. The molecule has 0 radical (unpaired) electrons. The van der Waals surface area contributed by atoms with Gasteiger partial charge in [-0.25, -0.2) is 0 Å². The van der Waals surface area contributed by atoms with Crippen LogP contribution in [0, 0.1) is 0 Å². The molecule has 2 N–H and O–H groups in total. The summed E-state index contributed by atoms with van der Waals surface area (Å²) in [5.74, 6) is 0.287. The Hall–Kier alpha value is -1.16. The number of nitrogens with one attached hydrogen (secondary N) is 1. The van der Waals surface area contributed by atoms with E-state index in [0.717, 1.165) is 19.3 Å². The van der Waals surface area contributed by atoms with E-state index in [2.05, 4.69) is 5.32 Å². The van der Waals surface area contributed by atoms with Crippen LogP contribution in [0.3, 0.4) is 0 Å². The van der Waals surface area contributed by atoms with Gasteiger partial charge in [-0.1, -0.05) is 43.2 Å². The van der Waals surface area contributed by atoms with Gasteiger partial charge in [-0.15, -0.1) is 0 Å². The number of carbonyl (C=O) groups is 1. The van der Waals surface area contributed by atoms with Crippen molar-refractivity contribution in [3.63, 3.8) is 0 Å². The first-order chi connectivity index (χ1) is 9.13. The van der Waals surface area contributed by atoms with Gasteiger partial charge >= 0.3 is 0 Å². The van der Waals surface area contributed by atoms with E-state index < -0.39 is 0 Å². The van der Waals surface area contributed by atoms with Crippen molar-refractivity contribution in [2.45, 2.75) is 44.1 Å². The lowest BCUT2D eigenvalue weighted by molar-refractivity contribution is 0.218. The number of carbonyl (C=O) groups excluding carboxylic acids is 1. The Morgan fingerprint density at radius 3 is 2.47 bits per heavy atom. The van der Waals surface area contributed by atoms with E-state index in [1.807, 2.05) is 18.4 Å². The number of hydrogen-bond acceptors (Lipinski definition) is 3. The third-order valence-electron chi connectivity index (χ3n) is 3.84. The second-order valence-electron chi connectivity index (χ2n) is 5.30. The van der Waals surface area contributed by atoms with Gasteiger partial charge in [0.25, 0.3) is 5.24 Å². The first-order valence-electron chi connectivity index (χ1n) is 6.78. The molecule has 0 saturated heterocycles. The summed E-state index contributed by atoms with van der Waals surface area (Å²) in [7, 11) is 0. The summed E-state index contributed by atoms with van der Waals surface area (Å²) in [6.07, 6.45) is 8.35. The Balaban J connectivity index is 2.12. The molecular formula is C15H21NO2S. The Kier molecular flexibility index (Phi) is 4.75. The van der Waals surface area contributed by atoms with E-state index >= 15 is 0 Å². The molecule has 0 bridgehead atoms. The Morgan fingerprint density at radius 2 is 1.89 bits per heavy atom. The monoisotopic (exact) mass is 279 g/mol. The molecule has 0 spiro atoms. The molecule has 0 aromatic heterocycles. The maximum absolute atomic E-state index is 11.7. The highest BCUT2D eigenvalue weighted by Gasteiger charge is 2.33. The molecule has 1 fully saturated rings. The Bertz CT molecular complexity index is 424. The van der Waals surface area contributed by atoms with Gasteiger partial charge in [0.05, 0.1) is 0 Å². The van der Waals surface area contributed by atoms with Gasteiger partial charge in [0.1, 0.15) is 5.75 Å². The Labute approximate surface area is 118 Å². The minimum absolute atomic E-state index is 0.0562. The van der Waals surface area contributed by atoms with Crippen LogP contribution in [-0.4, -0.2) is 22.1 Å². The zero-order valence-electron chi connectivity index (χ0n) is 11.3. The summed E-state index contributed by atoms with van der Waals surface area (Å²) in [5, 5.41) is 12.6. The number of phenolic OH excluding ortho intramolecular Hbond substituents is 1. The smallest absolute Gasteiger partial charge is 0.279 e. The molecule has 4 heteroatoms. The van der Waals surface area contributed by atoms with Crippen molar-refractivity contribution in [2.75, 3.05) is 6.26 Å². The molecule has 3 nitrogen and oxygen atoms in total. The molecule has 0 aliphatic heterocycles. The molecule has 1 aromatic carbocycles. The lowest BCUT2D eigenvalue weighted by Crippen LogP contribution is -2.50. The fraction of sp³-hybridized carbons (Fsp3) is 0.533. The van der Waals surface area contributed by atoms with Crippen molar-refractivity contribution in [1.82, 2.24) is 5.32 Å². The molecule has 2 rings (SSSR count). The standard InChI is InChI=1S/C15H21NO2S/c1-19-14(18)16-15(9-3-2-4-10-15)11-12-5-7-13(17)8-6-12/h5-8,17H,2-4,9-11H2,1H3,(H,16,18). The molecule has 1 saturated carbocycles. The third kappa shape index (κ3) is 3.90. The van der Waals surface area contributed by atoms with Crippen LogP contribution in [0.2, 0.25) is 0 Å². The molecule has 1 aliphatic carbocycles. The second-order valence-corrected chi connectivity index (χ2v) is 6.08. The Morgan fingerprint density at radius 1 is 1.26 bits per heavy atom. The van der Waals surface area contributed by atoms with Crippen molar-refractivity contribution >= 4 is 17.0 Å². The summed E-state index contributed by atoms with van der Waals surface area (Å²) in [4.78, 5) is 11.7. The van der Waals surface area contributed by atoms with E-state index in [4.69, 9.17) is 0 Å². The molecule has 19 heavy (non-hydrogen) atoms. The average molecular weight is 279 g/mol. The summed E-state index contributed by atoms with van der Waals surface area (Å²) in [5.41, 5.74) is 1.07. The fourth-order valence-corrected chi connectivity index (χ4v) is 3.17. The van der Waals surface area contributed by atoms with Gasteiger partial charge in [-0.05, 0) is 43.2 Å². The van der Waals surface area contributed by atoms with Crippen LogP contribution in [-0.2, 0) is 6.42 Å². The molecule has 1 aromatic rings. The molecule has 104 valence electrons. The predicted molar refractivity (Wildman–Crippen MR) is 79.7 cm³/mol. The zero-order valence-corrected chi connectivity index (χ0v) is 12.1. The van der Waals surface area contributed by atoms with E-state index in [1.54, 1.807) is 12.1 Å². The van der Waals surface area contributed by atoms with E-state index in [0.29, 0.717) is 0 Å². The summed E-state index contributed by atoms with van der Waals surface area (Å²) < 4.78 is 0. The summed E-state index contributed by atoms with van der Waals surface area (Å²) in [6.45, 7) is 0. The quantitative estimate of drug-likeness (QED) is 0.886. The van der Waals surface area contributed by atoms with Gasteiger partial charge in [0.2, 0.25) is 0 Å². The van der Waals surface area contributed by atoms with Crippen LogP contribution in [0.25, 0.3) is 0 Å². The van der Waals surface area contributed by atoms with Crippen molar-refractivity contribution in [1.29, 1.82) is 0 Å². The number of benzene rings is 1. The van der Waals surface area contributed by atoms with Crippen LogP contribution in [0.15, 0.2) is 24.3 Å². The minimum Gasteiger partial charge on any atom is -0.508 e. The van der Waals surface area contributed by atoms with E-state index in [1.165, 1.54) is 36.6 Å². The number of aromatic hydroxyl groups is 1. The van der Waals surface area contributed by atoms with Crippen LogP contribution >= 0.6 is 11.8 Å². The molecular weight excluding hydrogens is 258 g/mol. The highest BCUT2D eigenvalue weighted by molar-refractivity contribution is 8.12. The molecule has 1 aliphatic rings. The molecule has 0 heterocycles. The fourth-order valence-electron chi connectivity index (χ4n) is 2.85. The number of hydrogen-bond donors (Lipinski definition) is 2. The number of amides is 1. The highest BCUT2D eigenvalue weighted by Crippen LogP contribution is 2.32. The predicted octanol–water partition coefficient (Wildman–Crippen LogP) is 3.71. The van der Waals surface area contributed by atoms with Crippen molar-refractivity contribution in [3.8, 4) is 5.75 Å². The summed E-state index contributed by atoms with van der Waals surface area (Å²) >= 11 is 1.24. The van der Waals surface area contributed by atoms with Gasteiger partial charge in [-0.3, -0.25) is 4.79 Å². The molecule has 0 unspecified atom stereocenters. The SMILES string of the molecule is CSC(=O)NC1(Cc2ccc(O)cc2)CCCCC1. The van der Waals surface area contributed by atoms with Crippen LogP contribution < -0.4 is 5.32 Å². The normalized spacial score (nSPS) is 17.9. The van der Waals surface area contributed by atoms with Crippen LogP contribution in [0.4, 0.5) is 4.79 Å². The van der Waals surface area contributed by atoms with Gasteiger partial charge < -0.3 is 10.4 Å². The summed E-state index contributed by atoms with van der Waals surface area (Å²) in [6, 6.07) is 7.30. The molecule has 1 amide bonds. The maximum Gasteiger partial charge on any atom is 0.279 e. The average Bonchev–Trinajstić information content (AvgIpc) is 2.42. The lowest BCUT2D eigenvalue weighted by Gasteiger charge is -2.38. The minimum atomic E-state index is -0.102. The van der Waals surface area contributed by atoms with Crippen LogP contribution in [0.5, 0.6) is 5.75 Å². The van der Waals surface area contributed by atoms with Gasteiger partial charge in [-0.2, -0.15) is 0 Å². The number of thioether (sulfide) groups is 1. The maximum atomic E-state index is 11.7.